The minimum absolute atomic E-state index is 0.0573. The second-order valence-corrected chi connectivity index (χ2v) is 8.47. The summed E-state index contributed by atoms with van der Waals surface area (Å²) in [5.74, 6) is 1.16. The summed E-state index contributed by atoms with van der Waals surface area (Å²) < 4.78 is 8.67. The number of hydrogen-bond donors (Lipinski definition) is 1. The largest absolute Gasteiger partial charge is 0.497 e. The Kier molecular flexibility index (Phi) is 6.45. The first kappa shape index (κ1) is 21.9. The van der Waals surface area contributed by atoms with Crippen LogP contribution in [0.2, 0.25) is 0 Å². The number of rotatable bonds is 8. The van der Waals surface area contributed by atoms with E-state index in [0.29, 0.717) is 33.3 Å². The van der Waals surface area contributed by atoms with Crippen LogP contribution in [0.5, 0.6) is 5.75 Å². The fourth-order valence-electron chi connectivity index (χ4n) is 3.71. The molecule has 0 bridgehead atoms. The highest BCUT2D eigenvalue weighted by Crippen LogP contribution is 2.24. The van der Waals surface area contributed by atoms with Gasteiger partial charge in [0.05, 0.1) is 29.5 Å². The van der Waals surface area contributed by atoms with E-state index in [-0.39, 0.29) is 23.3 Å². The first-order valence-corrected chi connectivity index (χ1v) is 11.5. The number of fused-ring (bicyclic) bond motifs is 3. The molecule has 8 nitrogen and oxygen atoms in total. The zero-order valence-corrected chi connectivity index (χ0v) is 19.1. The first-order valence-electron chi connectivity index (χ1n) is 10.5. The Bertz CT molecular complexity index is 1330. The van der Waals surface area contributed by atoms with Crippen LogP contribution in [0.15, 0.2) is 58.5 Å². The lowest BCUT2D eigenvalue weighted by molar-refractivity contribution is -0.119. The Morgan fingerprint density at radius 1 is 1.19 bits per heavy atom. The predicted molar refractivity (Wildman–Crippen MR) is 126 cm³/mol. The SMILES string of the molecule is CCCC(C)NC(=O)CSc1nnc2n(-c3cccc(OC)c3)c(=O)c3ccccc3n12. The van der Waals surface area contributed by atoms with Crippen molar-refractivity contribution >= 4 is 34.3 Å². The molecule has 0 aliphatic heterocycles. The van der Waals surface area contributed by atoms with Crippen LogP contribution in [0.1, 0.15) is 26.7 Å². The van der Waals surface area contributed by atoms with E-state index >= 15 is 0 Å². The van der Waals surface area contributed by atoms with Gasteiger partial charge in [-0.15, -0.1) is 10.2 Å². The highest BCUT2D eigenvalue weighted by atomic mass is 32.2. The quantitative estimate of drug-likeness (QED) is 0.413. The summed E-state index contributed by atoms with van der Waals surface area (Å²) in [6.07, 6.45) is 1.94. The van der Waals surface area contributed by atoms with Crippen LogP contribution in [0.4, 0.5) is 0 Å². The van der Waals surface area contributed by atoms with Gasteiger partial charge in [-0.3, -0.25) is 14.0 Å². The molecule has 0 spiro atoms. The lowest BCUT2D eigenvalue weighted by Gasteiger charge is -2.13. The maximum absolute atomic E-state index is 13.4. The van der Waals surface area contributed by atoms with Crippen molar-refractivity contribution in [3.8, 4) is 11.4 Å². The van der Waals surface area contributed by atoms with Crippen LogP contribution in [0.25, 0.3) is 22.4 Å². The Morgan fingerprint density at radius 3 is 2.78 bits per heavy atom. The minimum atomic E-state index is -0.198. The van der Waals surface area contributed by atoms with Gasteiger partial charge >= 0.3 is 0 Å². The molecule has 1 unspecified atom stereocenters. The third-order valence-corrected chi connectivity index (χ3v) is 6.10. The Hall–Kier alpha value is -3.33. The van der Waals surface area contributed by atoms with Gasteiger partial charge in [-0.05, 0) is 37.6 Å². The molecule has 2 aromatic carbocycles. The number of nitrogens with zero attached hydrogens (tertiary/aromatic N) is 4. The number of nitrogens with one attached hydrogen (secondary N) is 1. The molecule has 0 saturated carbocycles. The van der Waals surface area contributed by atoms with Crippen LogP contribution >= 0.6 is 11.8 Å². The van der Waals surface area contributed by atoms with E-state index in [1.54, 1.807) is 19.2 Å². The number of methoxy groups -OCH3 is 1. The Morgan fingerprint density at radius 2 is 2.00 bits per heavy atom. The van der Waals surface area contributed by atoms with Gasteiger partial charge in [0, 0.05) is 12.1 Å². The molecule has 1 amide bonds. The van der Waals surface area contributed by atoms with Crippen LogP contribution in [0.3, 0.4) is 0 Å². The highest BCUT2D eigenvalue weighted by molar-refractivity contribution is 7.99. The van der Waals surface area contributed by atoms with Crippen molar-refractivity contribution in [1.29, 1.82) is 0 Å². The van der Waals surface area contributed by atoms with Crippen LogP contribution in [-0.2, 0) is 4.79 Å². The molecule has 1 atom stereocenters. The monoisotopic (exact) mass is 451 g/mol. The second-order valence-electron chi connectivity index (χ2n) is 7.52. The number of thioether (sulfide) groups is 1. The summed E-state index contributed by atoms with van der Waals surface area (Å²) in [5.41, 5.74) is 1.12. The van der Waals surface area contributed by atoms with Crippen molar-refractivity contribution in [3.05, 3.63) is 58.9 Å². The van der Waals surface area contributed by atoms with Gasteiger partial charge in [-0.25, -0.2) is 4.57 Å². The number of ether oxygens (including phenoxy) is 1. The summed E-state index contributed by atoms with van der Waals surface area (Å²) in [5, 5.41) is 12.7. The number of carbonyl (C=O) groups is 1. The number of amides is 1. The topological polar surface area (TPSA) is 90.5 Å². The molecule has 4 aromatic rings. The first-order chi connectivity index (χ1) is 15.5. The molecule has 0 saturated heterocycles. The van der Waals surface area contributed by atoms with E-state index in [1.165, 1.54) is 16.3 Å². The van der Waals surface area contributed by atoms with Gasteiger partial charge in [0.1, 0.15) is 5.75 Å². The van der Waals surface area contributed by atoms with Gasteiger partial charge < -0.3 is 10.1 Å². The smallest absolute Gasteiger partial charge is 0.267 e. The average molecular weight is 452 g/mol. The summed E-state index contributed by atoms with van der Waals surface area (Å²) in [4.78, 5) is 25.7. The van der Waals surface area contributed by atoms with E-state index in [0.717, 1.165) is 12.8 Å². The van der Waals surface area contributed by atoms with Crippen molar-refractivity contribution in [2.24, 2.45) is 0 Å². The molecule has 1 N–H and O–H groups in total. The molecule has 166 valence electrons. The zero-order chi connectivity index (χ0) is 22.7. The van der Waals surface area contributed by atoms with Gasteiger partial charge in [0.15, 0.2) is 5.16 Å². The van der Waals surface area contributed by atoms with Crippen LogP contribution < -0.4 is 15.6 Å². The Balaban J connectivity index is 1.79. The lowest BCUT2D eigenvalue weighted by atomic mass is 10.2. The van der Waals surface area contributed by atoms with Crippen LogP contribution in [0, 0.1) is 0 Å². The number of aromatic nitrogens is 4. The fourth-order valence-corrected chi connectivity index (χ4v) is 4.46. The van der Waals surface area contributed by atoms with E-state index in [1.807, 2.05) is 47.7 Å². The summed E-state index contributed by atoms with van der Waals surface area (Å²) in [7, 11) is 1.58. The number of carbonyl (C=O) groups excluding carboxylic acids is 1. The molecule has 0 aliphatic rings. The molecular weight excluding hydrogens is 426 g/mol. The second kappa shape index (κ2) is 9.44. The van der Waals surface area contributed by atoms with Crippen molar-refractivity contribution in [2.45, 2.75) is 37.9 Å². The lowest BCUT2D eigenvalue weighted by Crippen LogP contribution is -2.33. The Labute approximate surface area is 189 Å². The standard InChI is InChI=1S/C23H25N5O3S/c1-4-8-15(2)24-20(29)14-32-23-26-25-22-27(16-9-7-10-17(13-16)31-3)21(30)18-11-5-6-12-19(18)28(22)23/h5-7,9-13,15H,4,8,14H2,1-3H3,(H,24,29). The third-order valence-electron chi connectivity index (χ3n) is 5.17. The molecule has 0 radical (unpaired) electrons. The van der Waals surface area contributed by atoms with E-state index in [2.05, 4.69) is 22.4 Å². The van der Waals surface area contributed by atoms with Gasteiger partial charge in [0.25, 0.3) is 5.56 Å². The van der Waals surface area contributed by atoms with Gasteiger partial charge in [-0.1, -0.05) is 43.3 Å². The molecule has 0 fully saturated rings. The summed E-state index contributed by atoms with van der Waals surface area (Å²) in [6, 6.07) is 14.7. The van der Waals surface area contributed by atoms with Crippen molar-refractivity contribution in [3.63, 3.8) is 0 Å². The molecular formula is C23H25N5O3S. The average Bonchev–Trinajstić information content (AvgIpc) is 3.22. The summed E-state index contributed by atoms with van der Waals surface area (Å²) >= 11 is 1.29. The van der Waals surface area contributed by atoms with Gasteiger partial charge in [0.2, 0.25) is 11.7 Å². The maximum atomic E-state index is 13.4. The molecule has 2 heterocycles. The number of para-hydroxylation sites is 1. The van der Waals surface area contributed by atoms with E-state index < -0.39 is 0 Å². The van der Waals surface area contributed by atoms with Crippen molar-refractivity contribution in [1.82, 2.24) is 24.5 Å². The minimum Gasteiger partial charge on any atom is -0.497 e. The molecule has 32 heavy (non-hydrogen) atoms. The predicted octanol–water partition coefficient (Wildman–Crippen LogP) is 3.44. The molecule has 9 heteroatoms. The van der Waals surface area contributed by atoms with Crippen molar-refractivity contribution < 1.29 is 9.53 Å². The molecule has 2 aromatic heterocycles. The van der Waals surface area contributed by atoms with Crippen molar-refractivity contribution in [2.75, 3.05) is 12.9 Å². The molecule has 4 rings (SSSR count). The number of hydrogen-bond acceptors (Lipinski definition) is 6. The molecule has 0 aliphatic carbocycles. The normalized spacial score (nSPS) is 12.2. The van der Waals surface area contributed by atoms with Gasteiger partial charge in [-0.2, -0.15) is 0 Å². The van der Waals surface area contributed by atoms with Crippen LogP contribution in [-0.4, -0.2) is 44.0 Å². The third kappa shape index (κ3) is 4.20. The zero-order valence-electron chi connectivity index (χ0n) is 18.2. The van der Waals surface area contributed by atoms with E-state index in [4.69, 9.17) is 4.74 Å². The fraction of sp³-hybridized carbons (Fsp3) is 0.304. The van der Waals surface area contributed by atoms with E-state index in [9.17, 15) is 9.59 Å². The number of benzene rings is 2. The highest BCUT2D eigenvalue weighted by Gasteiger charge is 2.19. The maximum Gasteiger partial charge on any atom is 0.267 e. The summed E-state index contributed by atoms with van der Waals surface area (Å²) in [6.45, 7) is 4.09.